The molecule has 1 saturated carbocycles. The molecule has 2 fully saturated rings. The van der Waals surface area contributed by atoms with Gasteiger partial charge in [0, 0.05) is 68.1 Å². The van der Waals surface area contributed by atoms with E-state index < -0.39 is 0 Å². The molecule has 0 radical (unpaired) electrons. The van der Waals surface area contributed by atoms with E-state index in [-0.39, 0.29) is 5.91 Å². The summed E-state index contributed by atoms with van der Waals surface area (Å²) in [6, 6.07) is 7.72. The number of amidine groups is 1. The van der Waals surface area contributed by atoms with Gasteiger partial charge in [0.2, 0.25) is 5.91 Å². The van der Waals surface area contributed by atoms with Crippen molar-refractivity contribution < 1.29 is 9.53 Å². The van der Waals surface area contributed by atoms with E-state index in [2.05, 4.69) is 44.7 Å². The number of carbonyl (C=O) groups excluding carboxylic acids is 1. The van der Waals surface area contributed by atoms with Crippen molar-refractivity contribution in [3.8, 4) is 0 Å². The number of ether oxygens (including phenoxy) is 1. The number of nitrogens with zero attached hydrogens (tertiary/aromatic N) is 4. The molecule has 1 aromatic rings. The summed E-state index contributed by atoms with van der Waals surface area (Å²) >= 11 is 0. The van der Waals surface area contributed by atoms with Gasteiger partial charge in [-0.3, -0.25) is 15.2 Å². The van der Waals surface area contributed by atoms with Crippen molar-refractivity contribution in [1.82, 2.24) is 15.2 Å². The highest BCUT2D eigenvalue weighted by Crippen LogP contribution is 2.35. The molecule has 34 heavy (non-hydrogen) atoms. The van der Waals surface area contributed by atoms with E-state index in [1.807, 2.05) is 4.90 Å². The first-order valence-electron chi connectivity index (χ1n) is 12.7. The number of anilines is 1. The Labute approximate surface area is 201 Å². The van der Waals surface area contributed by atoms with E-state index in [0.717, 1.165) is 49.3 Å². The Hall–Kier alpha value is -2.87. The molecule has 5 aliphatic rings. The molecule has 1 atom stereocenters. The molecule has 1 amide bonds. The van der Waals surface area contributed by atoms with Crippen molar-refractivity contribution in [2.24, 2.45) is 5.10 Å². The zero-order chi connectivity index (χ0) is 23.2. The molecule has 1 aliphatic carbocycles. The van der Waals surface area contributed by atoms with Crippen molar-refractivity contribution in [1.29, 1.82) is 5.41 Å². The number of hydrogen-bond acceptors (Lipinski definition) is 6. The molecule has 8 heteroatoms. The van der Waals surface area contributed by atoms with E-state index in [9.17, 15) is 10.2 Å². The normalized spacial score (nSPS) is 24.9. The van der Waals surface area contributed by atoms with Crippen LogP contribution < -0.4 is 10.2 Å². The molecule has 0 aromatic heterocycles. The van der Waals surface area contributed by atoms with Gasteiger partial charge >= 0.3 is 0 Å². The monoisotopic (exact) mass is 462 g/mol. The van der Waals surface area contributed by atoms with Gasteiger partial charge < -0.3 is 19.9 Å². The summed E-state index contributed by atoms with van der Waals surface area (Å²) in [5.41, 5.74) is 5.81. The standard InChI is InChI=1S/C26H34N6O2/c1-17(33)30-10-8-24(29-21-15-34-16-21)23(14-30)26(27)31-9-2-3-19-11-18(4-7-25(19)31)20-12-28-32(13-20)22-5-6-22/h4,7,11-12,20-22,27,29H,2-3,5-6,8-10,13-16H2,1H3. The predicted molar refractivity (Wildman–Crippen MR) is 132 cm³/mol. The van der Waals surface area contributed by atoms with Crippen LogP contribution in [0.2, 0.25) is 0 Å². The maximum absolute atomic E-state index is 12.1. The average molecular weight is 463 g/mol. The maximum atomic E-state index is 12.1. The van der Waals surface area contributed by atoms with Crippen LogP contribution in [0.3, 0.4) is 0 Å². The minimum Gasteiger partial charge on any atom is -0.381 e. The van der Waals surface area contributed by atoms with Crippen LogP contribution in [0.25, 0.3) is 0 Å². The fraction of sp³-hybridized carbons (Fsp3) is 0.577. The SMILES string of the molecule is CC(=O)N1CCC(NC2COC2)=C(C(=N)N2CCCc3cc(C4C=NN(C5CC5)C4)ccc32)C1. The highest BCUT2D eigenvalue weighted by Gasteiger charge is 2.34. The van der Waals surface area contributed by atoms with Crippen molar-refractivity contribution in [3.05, 3.63) is 40.6 Å². The van der Waals surface area contributed by atoms with Gasteiger partial charge in [-0.05, 0) is 42.9 Å². The summed E-state index contributed by atoms with van der Waals surface area (Å²) in [7, 11) is 0. The van der Waals surface area contributed by atoms with Crippen LogP contribution in [0.15, 0.2) is 34.6 Å². The van der Waals surface area contributed by atoms with Gasteiger partial charge in [-0.15, -0.1) is 0 Å². The summed E-state index contributed by atoms with van der Waals surface area (Å²) in [6.45, 7) is 6.03. The third-order valence-electron chi connectivity index (χ3n) is 7.76. The second kappa shape index (κ2) is 8.73. The van der Waals surface area contributed by atoms with Crippen LogP contribution in [-0.4, -0.2) is 79.3 Å². The quantitative estimate of drug-likeness (QED) is 0.519. The number of hydrogen-bond donors (Lipinski definition) is 2. The van der Waals surface area contributed by atoms with Crippen molar-refractivity contribution in [2.45, 2.75) is 57.0 Å². The smallest absolute Gasteiger partial charge is 0.219 e. The minimum absolute atomic E-state index is 0.0680. The number of benzene rings is 1. The van der Waals surface area contributed by atoms with Gasteiger partial charge in [-0.1, -0.05) is 12.1 Å². The van der Waals surface area contributed by atoms with Gasteiger partial charge in [0.25, 0.3) is 0 Å². The van der Waals surface area contributed by atoms with Crippen LogP contribution in [0.1, 0.15) is 49.7 Å². The molecule has 1 saturated heterocycles. The summed E-state index contributed by atoms with van der Waals surface area (Å²) in [5.74, 6) is 0.939. The zero-order valence-electron chi connectivity index (χ0n) is 19.9. The number of nitrogens with one attached hydrogen (secondary N) is 2. The Morgan fingerprint density at radius 3 is 2.79 bits per heavy atom. The minimum atomic E-state index is 0.0680. The lowest BCUT2D eigenvalue weighted by Crippen LogP contribution is -2.50. The molecular weight excluding hydrogens is 428 g/mol. The molecule has 8 nitrogen and oxygen atoms in total. The Kier molecular flexibility index (Phi) is 5.56. The summed E-state index contributed by atoms with van der Waals surface area (Å²) in [5, 5.41) is 19.7. The molecule has 1 aromatic carbocycles. The maximum Gasteiger partial charge on any atom is 0.219 e. The van der Waals surface area contributed by atoms with Crippen LogP contribution in [-0.2, 0) is 16.0 Å². The van der Waals surface area contributed by atoms with Gasteiger partial charge in [0.05, 0.1) is 25.8 Å². The molecular formula is C26H34N6O2. The van der Waals surface area contributed by atoms with Gasteiger partial charge in [0.1, 0.15) is 5.84 Å². The van der Waals surface area contributed by atoms with Gasteiger partial charge in [-0.25, -0.2) is 0 Å². The fourth-order valence-electron chi connectivity index (χ4n) is 5.49. The Morgan fingerprint density at radius 2 is 2.06 bits per heavy atom. The highest BCUT2D eigenvalue weighted by atomic mass is 16.5. The van der Waals surface area contributed by atoms with Gasteiger partial charge in [-0.2, -0.15) is 5.10 Å². The topological polar surface area (TPSA) is 84.3 Å². The van der Waals surface area contributed by atoms with Crippen LogP contribution in [0.4, 0.5) is 5.69 Å². The van der Waals surface area contributed by atoms with E-state index in [4.69, 9.17) is 4.74 Å². The van der Waals surface area contributed by atoms with Crippen LogP contribution >= 0.6 is 0 Å². The zero-order valence-corrected chi connectivity index (χ0v) is 19.9. The number of amides is 1. The van der Waals surface area contributed by atoms with Crippen molar-refractivity contribution in [2.75, 3.05) is 44.3 Å². The first-order valence-corrected chi connectivity index (χ1v) is 12.7. The van der Waals surface area contributed by atoms with Crippen LogP contribution in [0.5, 0.6) is 0 Å². The lowest BCUT2D eigenvalue weighted by atomic mass is 9.92. The fourth-order valence-corrected chi connectivity index (χ4v) is 5.49. The van der Waals surface area contributed by atoms with Crippen molar-refractivity contribution in [3.63, 3.8) is 0 Å². The highest BCUT2D eigenvalue weighted by molar-refractivity contribution is 6.09. The third kappa shape index (κ3) is 4.08. The average Bonchev–Trinajstić information content (AvgIpc) is 3.56. The number of aryl methyl sites for hydroxylation is 1. The van der Waals surface area contributed by atoms with Gasteiger partial charge in [0.15, 0.2) is 0 Å². The molecule has 1 unspecified atom stereocenters. The summed E-state index contributed by atoms with van der Waals surface area (Å²) < 4.78 is 5.34. The molecule has 0 spiro atoms. The first kappa shape index (κ1) is 21.6. The molecule has 0 bridgehead atoms. The lowest BCUT2D eigenvalue weighted by Gasteiger charge is -2.38. The number of rotatable bonds is 5. The van der Waals surface area contributed by atoms with E-state index in [1.54, 1.807) is 6.92 Å². The molecule has 4 heterocycles. The summed E-state index contributed by atoms with van der Waals surface area (Å²) in [4.78, 5) is 16.1. The number of carbonyl (C=O) groups is 1. The van der Waals surface area contributed by atoms with Crippen LogP contribution in [0, 0.1) is 5.41 Å². The number of fused-ring (bicyclic) bond motifs is 1. The second-order valence-corrected chi connectivity index (χ2v) is 10.2. The lowest BCUT2D eigenvalue weighted by molar-refractivity contribution is -0.128. The molecule has 180 valence electrons. The van der Waals surface area contributed by atoms with Crippen molar-refractivity contribution >= 4 is 23.6 Å². The largest absolute Gasteiger partial charge is 0.381 e. The van der Waals surface area contributed by atoms with E-state index in [0.29, 0.717) is 50.1 Å². The molecule has 2 N–H and O–H groups in total. The third-order valence-corrected chi connectivity index (χ3v) is 7.76. The second-order valence-electron chi connectivity index (χ2n) is 10.2. The number of hydrazone groups is 1. The molecule has 4 aliphatic heterocycles. The Bertz CT molecular complexity index is 1060. The Balaban J connectivity index is 1.25. The summed E-state index contributed by atoms with van der Waals surface area (Å²) in [6.07, 6.45) is 7.46. The molecule has 6 rings (SSSR count). The predicted octanol–water partition coefficient (Wildman–Crippen LogP) is 2.46. The van der Waals surface area contributed by atoms with E-state index in [1.165, 1.54) is 24.0 Å². The first-order chi connectivity index (χ1) is 16.6. The van der Waals surface area contributed by atoms with E-state index >= 15 is 0 Å². The Morgan fingerprint density at radius 1 is 1.21 bits per heavy atom.